The van der Waals surface area contributed by atoms with Gasteiger partial charge in [-0.1, -0.05) is 12.8 Å². The molecular formula is C27H35Cl2N7O2. The second-order valence-corrected chi connectivity index (χ2v) is 10.3. The van der Waals surface area contributed by atoms with Crippen molar-refractivity contribution in [3.8, 4) is 22.9 Å². The Labute approximate surface area is 235 Å². The summed E-state index contributed by atoms with van der Waals surface area (Å²) in [4.78, 5) is 19.8. The Hall–Kier alpha value is -3.06. The molecule has 0 spiro atoms. The standard InChI is InChI=1S/C27H33N7O2.2ClH/c1-3-36-21-14-22(24-20(15-28)17-31-34(24)18-21)19-6-7-23(30-16-19)33-12-10-26(2,11-13-33)32-25(35)27(29)8-4-5-9-27;;/h6-7,14,16-18H,3-5,8-13,29H2,1-2H3,(H,32,35);2*1H. The molecule has 1 aliphatic heterocycles. The number of ether oxygens (including phenoxy) is 1. The second kappa shape index (κ2) is 11.8. The third kappa shape index (κ3) is 5.68. The van der Waals surface area contributed by atoms with Gasteiger partial charge < -0.3 is 20.7 Å². The number of hydrogen-bond acceptors (Lipinski definition) is 7. The highest BCUT2D eigenvalue weighted by atomic mass is 35.5. The average Bonchev–Trinajstić information content (AvgIpc) is 3.51. The first-order valence-corrected chi connectivity index (χ1v) is 12.7. The van der Waals surface area contributed by atoms with E-state index in [4.69, 9.17) is 15.5 Å². The number of nitrogens with two attached hydrogens (primary N) is 1. The lowest BCUT2D eigenvalue weighted by Gasteiger charge is -2.42. The zero-order chi connectivity index (χ0) is 25.3. The fourth-order valence-electron chi connectivity index (χ4n) is 5.36. The molecule has 3 N–H and O–H groups in total. The van der Waals surface area contributed by atoms with Crippen LogP contribution in [0, 0.1) is 11.3 Å². The molecule has 2 aliphatic rings. The van der Waals surface area contributed by atoms with Gasteiger partial charge in [-0.2, -0.15) is 10.4 Å². The van der Waals surface area contributed by atoms with Gasteiger partial charge in [0, 0.05) is 36.0 Å². The molecule has 4 heterocycles. The van der Waals surface area contributed by atoms with E-state index in [0.29, 0.717) is 17.9 Å². The molecule has 204 valence electrons. The number of aromatic nitrogens is 3. The predicted molar refractivity (Wildman–Crippen MR) is 152 cm³/mol. The van der Waals surface area contributed by atoms with Crippen molar-refractivity contribution < 1.29 is 9.53 Å². The van der Waals surface area contributed by atoms with Crippen molar-refractivity contribution >= 4 is 42.1 Å². The third-order valence-corrected chi connectivity index (χ3v) is 7.63. The monoisotopic (exact) mass is 559 g/mol. The van der Waals surface area contributed by atoms with Gasteiger partial charge >= 0.3 is 0 Å². The molecule has 1 saturated heterocycles. The maximum atomic E-state index is 12.9. The van der Waals surface area contributed by atoms with Crippen LogP contribution in [0.15, 0.2) is 36.8 Å². The number of amides is 1. The predicted octanol–water partition coefficient (Wildman–Crippen LogP) is 4.26. The zero-order valence-corrected chi connectivity index (χ0v) is 23.4. The van der Waals surface area contributed by atoms with Gasteiger partial charge in [0.25, 0.3) is 0 Å². The van der Waals surface area contributed by atoms with Crippen LogP contribution in [0.4, 0.5) is 5.82 Å². The fraction of sp³-hybridized carbons (Fsp3) is 0.481. The minimum absolute atomic E-state index is 0. The number of carbonyl (C=O) groups excluding carboxylic acids is 1. The lowest BCUT2D eigenvalue weighted by atomic mass is 9.87. The summed E-state index contributed by atoms with van der Waals surface area (Å²) in [6.07, 6.45) is 10.4. The summed E-state index contributed by atoms with van der Waals surface area (Å²) >= 11 is 0. The van der Waals surface area contributed by atoms with Crippen LogP contribution in [0.1, 0.15) is 57.9 Å². The molecule has 0 aromatic carbocycles. The van der Waals surface area contributed by atoms with Gasteiger partial charge in [-0.15, -0.1) is 24.8 Å². The van der Waals surface area contributed by atoms with Gasteiger partial charge in [-0.3, -0.25) is 4.79 Å². The molecule has 0 radical (unpaired) electrons. The van der Waals surface area contributed by atoms with Crippen LogP contribution in [-0.4, -0.2) is 51.3 Å². The van der Waals surface area contributed by atoms with Crippen molar-refractivity contribution in [1.82, 2.24) is 19.9 Å². The largest absolute Gasteiger partial charge is 0.492 e. The van der Waals surface area contributed by atoms with Crippen LogP contribution >= 0.6 is 24.8 Å². The summed E-state index contributed by atoms with van der Waals surface area (Å²) in [6, 6.07) is 8.19. The van der Waals surface area contributed by atoms with E-state index in [1.54, 1.807) is 16.9 Å². The number of nitrogens with one attached hydrogen (secondary N) is 1. The maximum absolute atomic E-state index is 12.9. The molecule has 5 rings (SSSR count). The highest BCUT2D eigenvalue weighted by Crippen LogP contribution is 2.33. The van der Waals surface area contributed by atoms with Crippen LogP contribution in [-0.2, 0) is 4.79 Å². The second-order valence-electron chi connectivity index (χ2n) is 10.3. The summed E-state index contributed by atoms with van der Waals surface area (Å²) in [5.41, 5.74) is 8.39. The van der Waals surface area contributed by atoms with Gasteiger partial charge in [-0.05, 0) is 57.7 Å². The molecule has 9 nitrogen and oxygen atoms in total. The maximum Gasteiger partial charge on any atom is 0.240 e. The number of nitriles is 1. The number of pyridine rings is 2. The minimum Gasteiger partial charge on any atom is -0.492 e. The first-order valence-electron chi connectivity index (χ1n) is 12.7. The van der Waals surface area contributed by atoms with Crippen LogP contribution in [0.25, 0.3) is 16.6 Å². The molecule has 3 aromatic heterocycles. The Bertz CT molecular complexity index is 1310. The number of nitrogens with zero attached hydrogens (tertiary/aromatic N) is 5. The van der Waals surface area contributed by atoms with E-state index in [2.05, 4.69) is 28.3 Å². The van der Waals surface area contributed by atoms with E-state index in [1.807, 2.05) is 31.3 Å². The highest BCUT2D eigenvalue weighted by Gasteiger charge is 2.41. The molecule has 0 atom stereocenters. The van der Waals surface area contributed by atoms with Crippen LogP contribution < -0.4 is 20.7 Å². The van der Waals surface area contributed by atoms with E-state index < -0.39 is 5.54 Å². The first kappa shape index (κ1) is 29.5. The zero-order valence-electron chi connectivity index (χ0n) is 21.8. The number of anilines is 1. The minimum atomic E-state index is -0.705. The van der Waals surface area contributed by atoms with Crippen LogP contribution in [0.5, 0.6) is 5.75 Å². The lowest BCUT2D eigenvalue weighted by Crippen LogP contribution is -2.61. The Morgan fingerprint density at radius 2 is 1.89 bits per heavy atom. The highest BCUT2D eigenvalue weighted by molar-refractivity contribution is 5.87. The molecule has 1 aliphatic carbocycles. The summed E-state index contributed by atoms with van der Waals surface area (Å²) in [7, 11) is 0. The topological polar surface area (TPSA) is 122 Å². The number of piperidine rings is 1. The van der Waals surface area contributed by atoms with Gasteiger partial charge in [0.2, 0.25) is 5.91 Å². The van der Waals surface area contributed by atoms with Gasteiger partial charge in [0.15, 0.2) is 0 Å². The van der Waals surface area contributed by atoms with Gasteiger partial charge in [0.05, 0.1) is 35.6 Å². The van der Waals surface area contributed by atoms with Crippen molar-refractivity contribution in [1.29, 1.82) is 5.26 Å². The molecule has 1 saturated carbocycles. The smallest absolute Gasteiger partial charge is 0.240 e. The molecule has 38 heavy (non-hydrogen) atoms. The fourth-order valence-corrected chi connectivity index (χ4v) is 5.36. The van der Waals surface area contributed by atoms with E-state index in [1.165, 1.54) is 0 Å². The van der Waals surface area contributed by atoms with Crippen molar-refractivity contribution in [2.75, 3.05) is 24.6 Å². The van der Waals surface area contributed by atoms with E-state index in [0.717, 1.165) is 74.1 Å². The molecular weight excluding hydrogens is 525 g/mol. The third-order valence-electron chi connectivity index (χ3n) is 7.63. The van der Waals surface area contributed by atoms with Crippen molar-refractivity contribution in [3.05, 3.63) is 42.4 Å². The van der Waals surface area contributed by atoms with E-state index in [-0.39, 0.29) is 36.3 Å². The molecule has 11 heteroatoms. The summed E-state index contributed by atoms with van der Waals surface area (Å²) in [5, 5.41) is 17.1. The van der Waals surface area contributed by atoms with Crippen molar-refractivity contribution in [2.45, 2.75) is 63.5 Å². The molecule has 2 fully saturated rings. The van der Waals surface area contributed by atoms with E-state index >= 15 is 0 Å². The number of rotatable bonds is 6. The van der Waals surface area contributed by atoms with E-state index in [9.17, 15) is 10.1 Å². The first-order chi connectivity index (χ1) is 17.3. The van der Waals surface area contributed by atoms with Crippen LogP contribution in [0.3, 0.4) is 0 Å². The number of carbonyl (C=O) groups is 1. The summed E-state index contributed by atoms with van der Waals surface area (Å²) in [5.74, 6) is 1.57. The Kier molecular flexibility index (Phi) is 9.13. The van der Waals surface area contributed by atoms with Gasteiger partial charge in [0.1, 0.15) is 17.6 Å². The molecule has 0 unspecified atom stereocenters. The molecule has 1 amide bonds. The Morgan fingerprint density at radius 3 is 2.50 bits per heavy atom. The quantitative estimate of drug-likeness (QED) is 0.462. The van der Waals surface area contributed by atoms with Crippen LogP contribution in [0.2, 0.25) is 0 Å². The number of fused-ring (bicyclic) bond motifs is 1. The molecule has 0 bridgehead atoms. The number of hydrogen-bond donors (Lipinski definition) is 2. The number of halogens is 2. The summed E-state index contributed by atoms with van der Waals surface area (Å²) in [6.45, 7) is 6.18. The SMILES string of the molecule is CCOc1cc(-c2ccc(N3CCC(C)(NC(=O)C4(N)CCCC4)CC3)nc2)c2c(C#N)cnn2c1.Cl.Cl. The molecule has 3 aromatic rings. The normalized spacial score (nSPS) is 17.7. The van der Waals surface area contributed by atoms with Crippen molar-refractivity contribution in [3.63, 3.8) is 0 Å². The average molecular weight is 561 g/mol. The lowest BCUT2D eigenvalue weighted by molar-refractivity contribution is -0.128. The summed E-state index contributed by atoms with van der Waals surface area (Å²) < 4.78 is 7.40. The van der Waals surface area contributed by atoms with Crippen molar-refractivity contribution in [2.24, 2.45) is 5.73 Å². The Balaban J connectivity index is 0.00000200. The Morgan fingerprint density at radius 1 is 1.18 bits per heavy atom. The van der Waals surface area contributed by atoms with Gasteiger partial charge in [-0.25, -0.2) is 9.50 Å².